The van der Waals surface area contributed by atoms with E-state index in [1.807, 2.05) is 0 Å². The average Bonchev–Trinajstić information content (AvgIpc) is 3.12. The number of esters is 1. The van der Waals surface area contributed by atoms with Gasteiger partial charge in [-0.05, 0) is 48.1 Å². The number of nitrogens with one attached hydrogen (secondary N) is 4. The number of benzene rings is 2. The largest absolute Gasteiger partial charge is 0.508 e. The molecule has 0 bridgehead atoms. The van der Waals surface area contributed by atoms with E-state index in [1.165, 1.54) is 23.9 Å². The number of aliphatic hydroxyl groups excluding tert-OH is 4. The van der Waals surface area contributed by atoms with E-state index in [0.717, 1.165) is 0 Å². The van der Waals surface area contributed by atoms with Crippen LogP contribution in [-0.4, -0.2) is 136 Å². The van der Waals surface area contributed by atoms with Crippen molar-refractivity contribution < 1.29 is 59.0 Å². The molecule has 0 saturated carbocycles. The number of carbonyl (C=O) groups excluding carboxylic acids is 5. The molecule has 1 heterocycles. The maximum atomic E-state index is 13.5. The molecular weight excluding hydrogens is 690 g/mol. The van der Waals surface area contributed by atoms with Crippen LogP contribution in [0.2, 0.25) is 0 Å². The Morgan fingerprint density at radius 2 is 1.45 bits per heavy atom. The zero-order chi connectivity index (χ0) is 37.5. The van der Waals surface area contributed by atoms with Gasteiger partial charge in [0, 0.05) is 6.42 Å². The van der Waals surface area contributed by atoms with E-state index in [2.05, 4.69) is 21.3 Å². The summed E-state index contributed by atoms with van der Waals surface area (Å²) in [5.74, 6) is -3.19. The zero-order valence-electron chi connectivity index (χ0n) is 27.8. The summed E-state index contributed by atoms with van der Waals surface area (Å²) in [5.41, 5.74) is 7.30. The van der Waals surface area contributed by atoms with Crippen molar-refractivity contribution in [2.24, 2.45) is 5.73 Å². The molecule has 0 aliphatic carbocycles. The van der Waals surface area contributed by atoms with Crippen molar-refractivity contribution in [3.05, 3.63) is 65.7 Å². The van der Waals surface area contributed by atoms with Crippen LogP contribution in [0.3, 0.4) is 0 Å². The van der Waals surface area contributed by atoms with Crippen molar-refractivity contribution in [3.8, 4) is 5.75 Å². The molecule has 51 heavy (non-hydrogen) atoms. The van der Waals surface area contributed by atoms with Crippen molar-refractivity contribution in [2.45, 2.75) is 68.1 Å². The van der Waals surface area contributed by atoms with Gasteiger partial charge in [-0.15, -0.1) is 0 Å². The van der Waals surface area contributed by atoms with E-state index in [0.29, 0.717) is 16.9 Å². The number of hydrogen-bond acceptors (Lipinski definition) is 14. The Balaban J connectivity index is 1.56. The Labute approximate surface area is 298 Å². The van der Waals surface area contributed by atoms with Gasteiger partial charge in [0.15, 0.2) is 6.29 Å². The van der Waals surface area contributed by atoms with E-state index in [-0.39, 0.29) is 25.0 Å². The normalized spacial score (nSPS) is 21.7. The molecule has 0 spiro atoms. The topological polar surface area (TPSA) is 279 Å². The number of thioether (sulfide) groups is 1. The summed E-state index contributed by atoms with van der Waals surface area (Å²) in [4.78, 5) is 64.2. The van der Waals surface area contributed by atoms with Crippen LogP contribution in [0.15, 0.2) is 54.6 Å². The summed E-state index contributed by atoms with van der Waals surface area (Å²) in [5, 5.41) is 58.8. The quantitative estimate of drug-likeness (QED) is 0.0676. The Morgan fingerprint density at radius 1 is 0.804 bits per heavy atom. The Kier molecular flexibility index (Phi) is 16.6. The third kappa shape index (κ3) is 13.4. The van der Waals surface area contributed by atoms with E-state index in [1.54, 1.807) is 48.7 Å². The lowest BCUT2D eigenvalue weighted by Gasteiger charge is -2.38. The van der Waals surface area contributed by atoms with Crippen LogP contribution in [-0.2, 0) is 46.3 Å². The minimum Gasteiger partial charge on any atom is -0.508 e. The SMILES string of the molecule is CSCC[C@H](NC(=O)[C@H](Cc1ccccc1)NC(=O)CNC(=O)CNC(=O)[C@@H](N)Cc1ccc(O)cc1)C(=O)OC[C@H]1OC(O)[C@H](O)[C@@H](O)[C@@H]1O. The van der Waals surface area contributed by atoms with Gasteiger partial charge in [0.25, 0.3) is 0 Å². The number of phenolic OH excluding ortho intramolecular Hbond substituents is 1. The number of hydrogen-bond donors (Lipinski definition) is 10. The van der Waals surface area contributed by atoms with Gasteiger partial charge in [0.1, 0.15) is 48.9 Å². The molecule has 1 aliphatic heterocycles. The second-order valence-electron chi connectivity index (χ2n) is 11.8. The van der Waals surface area contributed by atoms with Crippen LogP contribution >= 0.6 is 11.8 Å². The van der Waals surface area contributed by atoms with Gasteiger partial charge in [-0.2, -0.15) is 11.8 Å². The summed E-state index contributed by atoms with van der Waals surface area (Å²) in [6, 6.07) is 11.5. The van der Waals surface area contributed by atoms with Crippen molar-refractivity contribution in [3.63, 3.8) is 0 Å². The molecule has 1 saturated heterocycles. The molecule has 0 aromatic heterocycles. The second-order valence-corrected chi connectivity index (χ2v) is 12.8. The molecule has 1 unspecified atom stereocenters. The van der Waals surface area contributed by atoms with Crippen LogP contribution in [0.5, 0.6) is 5.75 Å². The van der Waals surface area contributed by atoms with E-state index in [4.69, 9.17) is 15.2 Å². The first-order valence-electron chi connectivity index (χ1n) is 16.0. The third-order valence-corrected chi connectivity index (χ3v) is 8.46. The molecule has 4 amide bonds. The van der Waals surface area contributed by atoms with Crippen molar-refractivity contribution in [2.75, 3.05) is 31.7 Å². The summed E-state index contributed by atoms with van der Waals surface area (Å²) in [6.45, 7) is -1.62. The smallest absolute Gasteiger partial charge is 0.328 e. The van der Waals surface area contributed by atoms with E-state index >= 15 is 0 Å². The molecule has 1 fully saturated rings. The lowest BCUT2D eigenvalue weighted by molar-refractivity contribution is -0.287. The molecular formula is C33H45N5O12S. The molecule has 280 valence electrons. The van der Waals surface area contributed by atoms with Gasteiger partial charge in [-0.1, -0.05) is 42.5 Å². The number of ether oxygens (including phenoxy) is 2. The Hall–Kier alpha value is -4.30. The summed E-state index contributed by atoms with van der Waals surface area (Å²) in [7, 11) is 0. The standard InChI is InChI=1S/C33H45N5O12S/c1-51-12-11-22(32(47)49-17-24-27(42)28(43)29(44)33(48)50-24)38-31(46)23(14-18-5-3-2-4-6-18)37-26(41)16-35-25(40)15-36-30(45)21(34)13-19-7-9-20(39)10-8-19/h2-10,21-24,27-29,33,39,42-44,48H,11-17,34H2,1H3,(H,35,40)(H,36,45)(H,37,41)(H,38,46)/t21-,22-,23-,24+,27+,28-,29+,33?/m0/s1. The highest BCUT2D eigenvalue weighted by Crippen LogP contribution is 2.20. The van der Waals surface area contributed by atoms with Crippen molar-refractivity contribution in [1.29, 1.82) is 0 Å². The fraction of sp³-hybridized carbons (Fsp3) is 0.485. The third-order valence-electron chi connectivity index (χ3n) is 7.82. The van der Waals surface area contributed by atoms with E-state index in [9.17, 15) is 49.5 Å². The molecule has 1 aliphatic rings. The number of nitrogens with two attached hydrogens (primary N) is 1. The minimum absolute atomic E-state index is 0.0197. The number of phenols is 1. The number of aliphatic hydroxyl groups is 4. The van der Waals surface area contributed by atoms with Gasteiger partial charge < -0.3 is 62.0 Å². The predicted octanol–water partition coefficient (Wildman–Crippen LogP) is -3.20. The van der Waals surface area contributed by atoms with Crippen LogP contribution < -0.4 is 27.0 Å². The van der Waals surface area contributed by atoms with Gasteiger partial charge in [-0.3, -0.25) is 19.2 Å². The fourth-order valence-corrected chi connectivity index (χ4v) is 5.38. The predicted molar refractivity (Wildman–Crippen MR) is 183 cm³/mol. The van der Waals surface area contributed by atoms with Crippen molar-refractivity contribution >= 4 is 41.4 Å². The monoisotopic (exact) mass is 735 g/mol. The number of carbonyl (C=O) groups is 5. The highest BCUT2D eigenvalue weighted by molar-refractivity contribution is 7.98. The molecule has 2 aromatic rings. The highest BCUT2D eigenvalue weighted by atomic mass is 32.2. The first-order chi connectivity index (χ1) is 24.3. The van der Waals surface area contributed by atoms with Crippen LogP contribution in [0.4, 0.5) is 0 Å². The molecule has 11 N–H and O–H groups in total. The number of amides is 4. The fourth-order valence-electron chi connectivity index (χ4n) is 4.91. The lowest BCUT2D eigenvalue weighted by atomic mass is 9.99. The maximum Gasteiger partial charge on any atom is 0.328 e. The number of rotatable bonds is 18. The Bertz CT molecular complexity index is 1450. The summed E-state index contributed by atoms with van der Waals surface area (Å²) in [6.07, 6.45) is -6.30. The first-order valence-corrected chi connectivity index (χ1v) is 17.4. The molecule has 3 rings (SSSR count). The molecule has 2 aromatic carbocycles. The van der Waals surface area contributed by atoms with Crippen molar-refractivity contribution in [1.82, 2.24) is 21.3 Å². The maximum absolute atomic E-state index is 13.5. The molecule has 18 heteroatoms. The molecule has 0 radical (unpaired) electrons. The zero-order valence-corrected chi connectivity index (χ0v) is 28.7. The summed E-state index contributed by atoms with van der Waals surface area (Å²) >= 11 is 1.39. The number of aromatic hydroxyl groups is 1. The van der Waals surface area contributed by atoms with Crippen LogP contribution in [0, 0.1) is 0 Å². The first kappa shape index (κ1) is 41.1. The second kappa shape index (κ2) is 20.5. The van der Waals surface area contributed by atoms with Gasteiger partial charge in [0.2, 0.25) is 23.6 Å². The molecule has 17 nitrogen and oxygen atoms in total. The van der Waals surface area contributed by atoms with Crippen LogP contribution in [0.25, 0.3) is 0 Å². The Morgan fingerprint density at radius 3 is 2.12 bits per heavy atom. The average molecular weight is 736 g/mol. The summed E-state index contributed by atoms with van der Waals surface area (Å²) < 4.78 is 10.3. The minimum atomic E-state index is -1.83. The van der Waals surface area contributed by atoms with Gasteiger partial charge in [0.05, 0.1) is 19.1 Å². The van der Waals surface area contributed by atoms with E-state index < -0.39 is 98.1 Å². The van der Waals surface area contributed by atoms with Gasteiger partial charge >= 0.3 is 5.97 Å². The highest BCUT2D eigenvalue weighted by Gasteiger charge is 2.43. The van der Waals surface area contributed by atoms with Crippen LogP contribution in [0.1, 0.15) is 17.5 Å². The molecule has 8 atom stereocenters. The lowest BCUT2D eigenvalue weighted by Crippen LogP contribution is -2.59. The van der Waals surface area contributed by atoms with Gasteiger partial charge in [-0.25, -0.2) is 4.79 Å².